The van der Waals surface area contributed by atoms with E-state index in [1.807, 2.05) is 50.2 Å². The first kappa shape index (κ1) is 22.4. The number of carbonyl (C=O) groups is 1. The molecule has 170 valence electrons. The number of likely N-dealkylation sites (tertiary alicyclic amines) is 1. The fraction of sp³-hybridized carbons (Fsp3) is 0.417. The van der Waals surface area contributed by atoms with Gasteiger partial charge in [0.2, 0.25) is 0 Å². The minimum atomic E-state index is -1.07. The van der Waals surface area contributed by atoms with Crippen LogP contribution in [0.3, 0.4) is 0 Å². The van der Waals surface area contributed by atoms with Crippen LogP contribution in [0, 0.1) is 0 Å². The van der Waals surface area contributed by atoms with Gasteiger partial charge >= 0.3 is 6.09 Å². The molecule has 1 unspecified atom stereocenters. The van der Waals surface area contributed by atoms with Crippen LogP contribution < -0.4 is 4.74 Å². The summed E-state index contributed by atoms with van der Waals surface area (Å²) in [5.74, 6) is 0.820. The Morgan fingerprint density at radius 1 is 1.22 bits per heavy atom. The highest BCUT2D eigenvalue weighted by atomic mass is 35.5. The van der Waals surface area contributed by atoms with Crippen molar-refractivity contribution in [3.8, 4) is 5.88 Å². The molecule has 0 bridgehead atoms. The Hall–Kier alpha value is -2.77. The molecular weight excluding hydrogens is 432 g/mol. The second kappa shape index (κ2) is 9.38. The third-order valence-corrected chi connectivity index (χ3v) is 6.25. The van der Waals surface area contributed by atoms with E-state index in [1.165, 1.54) is 7.11 Å². The Labute approximate surface area is 191 Å². The molecule has 1 fully saturated rings. The molecule has 1 aliphatic rings. The Morgan fingerprint density at radius 3 is 2.62 bits per heavy atom. The summed E-state index contributed by atoms with van der Waals surface area (Å²) < 4.78 is 16.4. The van der Waals surface area contributed by atoms with Crippen LogP contribution in [0.5, 0.6) is 5.88 Å². The Balaban J connectivity index is 1.70. The van der Waals surface area contributed by atoms with Crippen molar-refractivity contribution in [2.75, 3.05) is 20.2 Å². The molecule has 32 heavy (non-hydrogen) atoms. The highest BCUT2D eigenvalue weighted by Crippen LogP contribution is 2.43. The number of carbonyl (C=O) groups excluding carboxylic acids is 1. The van der Waals surface area contributed by atoms with Crippen molar-refractivity contribution in [2.24, 2.45) is 0 Å². The number of fused-ring (bicyclic) bond motifs is 1. The van der Waals surface area contributed by atoms with E-state index in [0.29, 0.717) is 47.8 Å². The number of hydrogen-bond acceptors (Lipinski definition) is 6. The number of aliphatic hydroxyl groups is 1. The van der Waals surface area contributed by atoms with Crippen molar-refractivity contribution in [3.05, 3.63) is 58.3 Å². The first-order valence-corrected chi connectivity index (χ1v) is 11.1. The number of piperidine rings is 1. The summed E-state index contributed by atoms with van der Waals surface area (Å²) >= 11 is 6.71. The molecule has 0 radical (unpaired) electrons. The zero-order chi connectivity index (χ0) is 22.8. The van der Waals surface area contributed by atoms with Gasteiger partial charge in [0.15, 0.2) is 0 Å². The number of hydrogen-bond donors (Lipinski definition) is 1. The topological polar surface area (TPSA) is 85.0 Å². The number of amides is 1. The van der Waals surface area contributed by atoms with Gasteiger partial charge in [-0.25, -0.2) is 4.79 Å². The summed E-state index contributed by atoms with van der Waals surface area (Å²) in [6.07, 6.45) is -0.228. The van der Waals surface area contributed by atoms with Crippen LogP contribution in [0.25, 0.3) is 10.8 Å². The summed E-state index contributed by atoms with van der Waals surface area (Å²) in [7, 11) is 1.38. The zero-order valence-electron chi connectivity index (χ0n) is 18.4. The molecule has 2 aromatic carbocycles. The molecule has 2 heterocycles. The summed E-state index contributed by atoms with van der Waals surface area (Å²) in [6, 6.07) is 11.5. The maximum absolute atomic E-state index is 11.8. The summed E-state index contributed by atoms with van der Waals surface area (Å²) in [5.41, 5.74) is 1.06. The lowest BCUT2D eigenvalue weighted by Gasteiger charge is -2.30. The maximum Gasteiger partial charge on any atom is 0.409 e. The van der Waals surface area contributed by atoms with Crippen LogP contribution in [0.2, 0.25) is 5.02 Å². The summed E-state index contributed by atoms with van der Waals surface area (Å²) in [4.78, 5) is 13.5. The lowest BCUT2D eigenvalue weighted by Crippen LogP contribution is -2.37. The zero-order valence-corrected chi connectivity index (χ0v) is 19.1. The molecule has 1 aliphatic heterocycles. The average Bonchev–Trinajstić information content (AvgIpc) is 3.21. The van der Waals surface area contributed by atoms with E-state index < -0.39 is 6.10 Å². The van der Waals surface area contributed by atoms with Gasteiger partial charge in [-0.05, 0) is 37.2 Å². The predicted molar refractivity (Wildman–Crippen MR) is 121 cm³/mol. The molecule has 4 rings (SSSR count). The quantitative estimate of drug-likeness (QED) is 0.558. The van der Waals surface area contributed by atoms with Gasteiger partial charge in [-0.2, -0.15) is 0 Å². The van der Waals surface area contributed by atoms with Crippen LogP contribution in [0.1, 0.15) is 55.6 Å². The van der Waals surface area contributed by atoms with E-state index in [1.54, 1.807) is 4.90 Å². The van der Waals surface area contributed by atoms with E-state index in [4.69, 9.17) is 25.6 Å². The van der Waals surface area contributed by atoms with Crippen molar-refractivity contribution in [2.45, 2.75) is 44.8 Å². The maximum atomic E-state index is 11.8. The van der Waals surface area contributed by atoms with Crippen molar-refractivity contribution < 1.29 is 23.9 Å². The standard InChI is InChI=1S/C24H27ClN2O5/c1-14(2)31-23-19(21(28)18-9-8-15-6-4-5-7-17(15)20(18)25)22(32-26-23)16-10-12-27(13-11-16)24(29)30-3/h4-9,14,16,21,28H,10-13H2,1-3H3. The van der Waals surface area contributed by atoms with Gasteiger partial charge in [-0.3, -0.25) is 0 Å². The first-order valence-electron chi connectivity index (χ1n) is 10.7. The van der Waals surface area contributed by atoms with Gasteiger partial charge in [-0.15, -0.1) is 0 Å². The molecule has 0 aliphatic carbocycles. The van der Waals surface area contributed by atoms with E-state index in [0.717, 1.165) is 10.8 Å². The fourth-order valence-electron chi connectivity index (χ4n) is 4.22. The van der Waals surface area contributed by atoms with Gasteiger partial charge in [0, 0.05) is 30.0 Å². The lowest BCUT2D eigenvalue weighted by atomic mass is 9.89. The minimum Gasteiger partial charge on any atom is -0.473 e. The Bertz CT molecular complexity index is 1100. The molecular formula is C24H27ClN2O5. The third kappa shape index (κ3) is 4.27. The minimum absolute atomic E-state index is 0.0169. The number of ether oxygens (including phenoxy) is 2. The van der Waals surface area contributed by atoms with E-state index in [-0.39, 0.29) is 24.0 Å². The van der Waals surface area contributed by atoms with Crippen molar-refractivity contribution >= 4 is 28.5 Å². The van der Waals surface area contributed by atoms with Crippen molar-refractivity contribution in [3.63, 3.8) is 0 Å². The normalized spacial score (nSPS) is 15.9. The smallest absolute Gasteiger partial charge is 0.409 e. The molecule has 1 saturated heterocycles. The predicted octanol–water partition coefficient (Wildman–Crippen LogP) is 5.30. The molecule has 3 aromatic rings. The van der Waals surface area contributed by atoms with Gasteiger partial charge in [0.05, 0.1) is 23.8 Å². The van der Waals surface area contributed by atoms with Crippen molar-refractivity contribution in [1.82, 2.24) is 10.1 Å². The molecule has 1 aromatic heterocycles. The highest BCUT2D eigenvalue weighted by molar-refractivity contribution is 6.36. The SMILES string of the molecule is COC(=O)N1CCC(c2onc(OC(C)C)c2C(O)c2ccc3ccccc3c2Cl)CC1. The van der Waals surface area contributed by atoms with Crippen LogP contribution in [0.4, 0.5) is 4.79 Å². The Morgan fingerprint density at radius 2 is 1.94 bits per heavy atom. The van der Waals surface area contributed by atoms with E-state index in [2.05, 4.69) is 5.16 Å². The van der Waals surface area contributed by atoms with Crippen molar-refractivity contribution in [1.29, 1.82) is 0 Å². The number of halogens is 1. The first-order chi connectivity index (χ1) is 15.4. The van der Waals surface area contributed by atoms with Gasteiger partial charge in [0.1, 0.15) is 11.9 Å². The number of aliphatic hydroxyl groups excluding tert-OH is 1. The van der Waals surface area contributed by atoms with E-state index in [9.17, 15) is 9.90 Å². The molecule has 0 spiro atoms. The highest BCUT2D eigenvalue weighted by Gasteiger charge is 2.34. The van der Waals surface area contributed by atoms with Crippen LogP contribution in [-0.4, -0.2) is 47.6 Å². The molecule has 7 nitrogen and oxygen atoms in total. The average molecular weight is 459 g/mol. The molecule has 1 N–H and O–H groups in total. The number of aromatic nitrogens is 1. The van der Waals surface area contributed by atoms with Gasteiger partial charge in [0.25, 0.3) is 5.88 Å². The fourth-order valence-corrected chi connectivity index (χ4v) is 4.56. The van der Waals surface area contributed by atoms with Gasteiger partial charge in [-0.1, -0.05) is 48.0 Å². The largest absolute Gasteiger partial charge is 0.473 e. The Kier molecular flexibility index (Phi) is 6.58. The lowest BCUT2D eigenvalue weighted by molar-refractivity contribution is 0.109. The van der Waals surface area contributed by atoms with Crippen LogP contribution in [0.15, 0.2) is 40.9 Å². The number of nitrogens with zero attached hydrogens (tertiary/aromatic N) is 2. The van der Waals surface area contributed by atoms with Crippen LogP contribution >= 0.6 is 11.6 Å². The molecule has 1 amide bonds. The second-order valence-corrected chi connectivity index (χ2v) is 8.63. The summed E-state index contributed by atoms with van der Waals surface area (Å²) in [6.45, 7) is 4.85. The number of benzene rings is 2. The molecule has 0 saturated carbocycles. The van der Waals surface area contributed by atoms with E-state index >= 15 is 0 Å². The van der Waals surface area contributed by atoms with Gasteiger partial charge < -0.3 is 24.0 Å². The molecule has 8 heteroatoms. The number of rotatable bonds is 5. The second-order valence-electron chi connectivity index (χ2n) is 8.26. The van der Waals surface area contributed by atoms with Crippen LogP contribution in [-0.2, 0) is 4.74 Å². The molecule has 1 atom stereocenters. The third-order valence-electron chi connectivity index (χ3n) is 5.83. The number of methoxy groups -OCH3 is 1. The summed E-state index contributed by atoms with van der Waals surface area (Å²) in [5, 5.41) is 17.9. The monoisotopic (exact) mass is 458 g/mol.